The van der Waals surface area contributed by atoms with E-state index in [9.17, 15) is 18.8 Å². The molecule has 195 valence electrons. The Bertz CT molecular complexity index is 1610. The second-order valence-electron chi connectivity index (χ2n) is 9.42. The van der Waals surface area contributed by atoms with E-state index < -0.39 is 11.7 Å². The van der Waals surface area contributed by atoms with E-state index in [0.717, 1.165) is 12.8 Å². The lowest BCUT2D eigenvalue weighted by Gasteiger charge is -2.29. The lowest BCUT2D eigenvalue weighted by molar-refractivity contribution is -0.123. The third kappa shape index (κ3) is 4.15. The van der Waals surface area contributed by atoms with Crippen LogP contribution in [0.3, 0.4) is 0 Å². The van der Waals surface area contributed by atoms with Crippen molar-refractivity contribution >= 4 is 52.2 Å². The van der Waals surface area contributed by atoms with Crippen LogP contribution in [-0.4, -0.2) is 80.3 Å². The quantitative estimate of drug-likeness (QED) is 0.530. The van der Waals surface area contributed by atoms with Crippen molar-refractivity contribution in [3.63, 3.8) is 0 Å². The third-order valence-electron chi connectivity index (χ3n) is 7.06. The van der Waals surface area contributed by atoms with Crippen molar-refractivity contribution in [1.82, 2.24) is 29.2 Å². The van der Waals surface area contributed by atoms with Crippen molar-refractivity contribution < 1.29 is 14.0 Å². The fraction of sp³-hybridized carbons (Fsp3) is 0.320. The first-order valence-corrected chi connectivity index (χ1v) is 12.9. The average Bonchev–Trinajstić information content (AvgIpc) is 3.66. The number of amides is 2. The number of H-pyrrole nitrogens is 1. The first-order valence-electron chi connectivity index (χ1n) is 12.2. The van der Waals surface area contributed by atoms with Gasteiger partial charge in [-0.2, -0.15) is 4.90 Å². The fourth-order valence-corrected chi connectivity index (χ4v) is 5.54. The molecule has 0 aliphatic carbocycles. The highest BCUT2D eigenvalue weighted by Gasteiger charge is 2.46. The topological polar surface area (TPSA) is 108 Å². The van der Waals surface area contributed by atoms with Crippen LogP contribution < -0.4 is 10.7 Å². The first-order chi connectivity index (χ1) is 18.3. The number of amidine groups is 2. The lowest BCUT2D eigenvalue weighted by Crippen LogP contribution is -2.55. The summed E-state index contributed by atoms with van der Waals surface area (Å²) >= 11 is 12.4. The minimum Gasteiger partial charge on any atom is -0.332 e. The van der Waals surface area contributed by atoms with E-state index >= 15 is 0 Å². The monoisotopic (exact) mass is 557 g/mol. The summed E-state index contributed by atoms with van der Waals surface area (Å²) in [6, 6.07) is 5.79. The molecular weight excluding hydrogens is 536 g/mol. The van der Waals surface area contributed by atoms with Crippen molar-refractivity contribution in [1.29, 1.82) is 0 Å². The van der Waals surface area contributed by atoms with Crippen LogP contribution in [0.1, 0.15) is 34.5 Å². The van der Waals surface area contributed by atoms with Gasteiger partial charge >= 0.3 is 11.7 Å². The molecule has 2 saturated heterocycles. The molecule has 1 N–H and O–H groups in total. The van der Waals surface area contributed by atoms with Crippen LogP contribution in [0.15, 0.2) is 40.4 Å². The molecule has 0 saturated carbocycles. The van der Waals surface area contributed by atoms with Gasteiger partial charge in [0, 0.05) is 36.5 Å². The molecule has 0 spiro atoms. The molecule has 3 aliphatic rings. The van der Waals surface area contributed by atoms with Gasteiger partial charge in [0.25, 0.3) is 17.3 Å². The van der Waals surface area contributed by atoms with Crippen LogP contribution in [0.4, 0.5) is 4.39 Å². The van der Waals surface area contributed by atoms with Gasteiger partial charge < -0.3 is 14.8 Å². The minimum atomic E-state index is -0.649. The number of aromatic nitrogens is 2. The number of halogens is 3. The van der Waals surface area contributed by atoms with Crippen LogP contribution in [-0.2, 0) is 11.2 Å². The Morgan fingerprint density at radius 1 is 1.05 bits per heavy atom. The number of fused-ring (bicyclic) bond motifs is 2. The average molecular weight is 558 g/mol. The normalized spacial score (nSPS) is 17.2. The molecule has 3 aromatic rings. The number of hydrogen-bond acceptors (Lipinski definition) is 6. The predicted octanol–water partition coefficient (Wildman–Crippen LogP) is 2.11. The second kappa shape index (κ2) is 9.55. The van der Waals surface area contributed by atoms with Crippen LogP contribution >= 0.6 is 23.2 Å². The van der Waals surface area contributed by atoms with Crippen molar-refractivity contribution in [3.8, 4) is 0 Å². The highest BCUT2D eigenvalue weighted by molar-refractivity contribution is 6.42. The maximum absolute atomic E-state index is 14.8. The van der Waals surface area contributed by atoms with E-state index in [-0.39, 0.29) is 58.1 Å². The molecule has 1 aromatic carbocycles. The van der Waals surface area contributed by atoms with Crippen molar-refractivity contribution in [2.45, 2.75) is 19.3 Å². The molecule has 2 aromatic heterocycles. The third-order valence-corrected chi connectivity index (χ3v) is 7.82. The Hall–Kier alpha value is -3.70. The molecule has 2 amide bonds. The van der Waals surface area contributed by atoms with E-state index in [1.54, 1.807) is 15.9 Å². The maximum Gasteiger partial charge on any atom is 0.417 e. The highest BCUT2D eigenvalue weighted by Crippen LogP contribution is 2.27. The zero-order chi connectivity index (χ0) is 26.6. The molecule has 10 nitrogen and oxygen atoms in total. The van der Waals surface area contributed by atoms with Gasteiger partial charge in [0.1, 0.15) is 29.6 Å². The summed E-state index contributed by atoms with van der Waals surface area (Å²) in [7, 11) is 0. The van der Waals surface area contributed by atoms with Crippen LogP contribution in [0.2, 0.25) is 10.2 Å². The number of benzene rings is 1. The smallest absolute Gasteiger partial charge is 0.332 e. The number of carbonyl (C=O) groups excluding carboxylic acids is 2. The van der Waals surface area contributed by atoms with E-state index in [1.807, 2.05) is 0 Å². The summed E-state index contributed by atoms with van der Waals surface area (Å²) < 4.78 is 16.4. The van der Waals surface area contributed by atoms with Gasteiger partial charge in [-0.25, -0.2) is 4.39 Å². The molecule has 1 radical (unpaired) electrons. The fourth-order valence-electron chi connectivity index (χ4n) is 5.10. The number of piperazine rings is 1. The second-order valence-corrected chi connectivity index (χ2v) is 10.2. The predicted molar refractivity (Wildman–Crippen MR) is 140 cm³/mol. The molecule has 5 heterocycles. The summed E-state index contributed by atoms with van der Waals surface area (Å²) in [6.07, 6.45) is 3.72. The van der Waals surface area contributed by atoms with Gasteiger partial charge in [-0.3, -0.25) is 18.8 Å². The van der Waals surface area contributed by atoms with Gasteiger partial charge in [-0.1, -0.05) is 29.3 Å². The number of nitrogens with zero attached hydrogens (tertiary/aromatic N) is 6. The number of hydrogen-bond donors (Lipinski definition) is 1. The first kappa shape index (κ1) is 24.6. The SMILES string of the molecule is O=C(C1=[N+]N=C2CN(C(=O)c3cc(Cc4c[nH]c(=O)c5cc(Cl)c(Cl)n45)ccc3F)CCN21)N1CCCC1. The summed E-state index contributed by atoms with van der Waals surface area (Å²) in [5.74, 6) is -0.527. The molecule has 0 unspecified atom stereocenters. The molecule has 13 heteroatoms. The van der Waals surface area contributed by atoms with Gasteiger partial charge in [0.15, 0.2) is 0 Å². The van der Waals surface area contributed by atoms with Gasteiger partial charge in [-0.05, 0) is 36.6 Å². The molecular formula is C25H22Cl2FN7O3+. The Balaban J connectivity index is 1.20. The molecule has 2 fully saturated rings. The largest absolute Gasteiger partial charge is 0.417 e. The molecule has 38 heavy (non-hydrogen) atoms. The van der Waals surface area contributed by atoms with E-state index in [1.165, 1.54) is 33.7 Å². The van der Waals surface area contributed by atoms with Gasteiger partial charge in [0.05, 0.1) is 22.2 Å². The van der Waals surface area contributed by atoms with Gasteiger partial charge in [-0.15, -0.1) is 0 Å². The number of aromatic amines is 1. The van der Waals surface area contributed by atoms with Crippen molar-refractivity contribution in [3.05, 3.63) is 73.6 Å². The molecule has 0 bridgehead atoms. The van der Waals surface area contributed by atoms with Crippen LogP contribution in [0, 0.1) is 5.82 Å². The molecule has 6 rings (SSSR count). The summed E-state index contributed by atoms with van der Waals surface area (Å²) in [5.41, 5.74) is 1.11. The number of carbonyl (C=O) groups is 2. The number of rotatable bonds is 4. The maximum atomic E-state index is 14.8. The van der Waals surface area contributed by atoms with Crippen molar-refractivity contribution in [2.24, 2.45) is 5.10 Å². The Labute approximate surface area is 225 Å². The standard InChI is InChI=1S/C25H22Cl2FN7O3/c26-17-11-19-23(36)29-12-15(35(19)21(17)27)9-14-3-4-18(28)16(10-14)24(37)33-7-8-34-20(13-33)30-31-22(34)25(38)32-5-1-2-6-32/h3-4,10-12H,1-2,5-9,13H2,(H,29,36)/q+1. The summed E-state index contributed by atoms with van der Waals surface area (Å²) in [5, 5.41) is 8.66. The van der Waals surface area contributed by atoms with E-state index in [0.29, 0.717) is 36.7 Å². The van der Waals surface area contributed by atoms with Gasteiger partial charge in [0.2, 0.25) is 0 Å². The number of likely N-dealkylation sites (tertiary alicyclic amines) is 1. The Morgan fingerprint density at radius 2 is 1.84 bits per heavy atom. The zero-order valence-corrected chi connectivity index (χ0v) is 21.6. The minimum absolute atomic E-state index is 0.0823. The summed E-state index contributed by atoms with van der Waals surface area (Å²) in [4.78, 5) is 46.0. The number of nitrogens with one attached hydrogen (secondary N) is 1. The van der Waals surface area contributed by atoms with Crippen molar-refractivity contribution in [2.75, 3.05) is 32.7 Å². The van der Waals surface area contributed by atoms with Crippen LogP contribution in [0.25, 0.3) is 5.52 Å². The van der Waals surface area contributed by atoms with Crippen LogP contribution in [0.5, 0.6) is 0 Å². The zero-order valence-electron chi connectivity index (χ0n) is 20.1. The lowest BCUT2D eigenvalue weighted by atomic mass is 10.0. The molecule has 3 aliphatic heterocycles. The van der Waals surface area contributed by atoms with E-state index in [4.69, 9.17) is 23.2 Å². The Morgan fingerprint density at radius 3 is 2.63 bits per heavy atom. The molecule has 0 atom stereocenters. The van der Waals surface area contributed by atoms with E-state index in [2.05, 4.69) is 15.2 Å². The highest BCUT2D eigenvalue weighted by atomic mass is 35.5. The summed E-state index contributed by atoms with van der Waals surface area (Å²) in [6.45, 7) is 2.14. The Kier molecular flexibility index (Phi) is 6.19.